The van der Waals surface area contributed by atoms with Gasteiger partial charge in [0.1, 0.15) is 0 Å². The van der Waals surface area contributed by atoms with Gasteiger partial charge in [0, 0.05) is 44.0 Å². The van der Waals surface area contributed by atoms with Gasteiger partial charge in [0.2, 0.25) is 0 Å². The molecule has 18 heavy (non-hydrogen) atoms. The molecule has 5 heteroatoms. The Morgan fingerprint density at radius 1 is 1.39 bits per heavy atom. The van der Waals surface area contributed by atoms with E-state index in [0.717, 1.165) is 26.2 Å². The standard InChI is InChI=1S/C13H21N3O2/c17-7-5-16-6-8-18-13-11(1-2-12(13)16)9-15-4-3-14-10-15/h3-4,10-13,17H,1-2,5-9H2/t11-,12-,13-/m1/s1. The van der Waals surface area contributed by atoms with Crippen molar-refractivity contribution in [3.8, 4) is 0 Å². The highest BCUT2D eigenvalue weighted by atomic mass is 16.5. The van der Waals surface area contributed by atoms with Crippen LogP contribution in [0.4, 0.5) is 0 Å². The molecule has 3 atom stereocenters. The first-order chi connectivity index (χ1) is 8.88. The molecule has 100 valence electrons. The fraction of sp³-hybridized carbons (Fsp3) is 0.769. The Bertz CT molecular complexity index is 366. The number of rotatable bonds is 4. The predicted molar refractivity (Wildman–Crippen MR) is 67.1 cm³/mol. The third-order valence-corrected chi connectivity index (χ3v) is 4.23. The van der Waals surface area contributed by atoms with E-state index < -0.39 is 0 Å². The van der Waals surface area contributed by atoms with E-state index in [1.165, 1.54) is 12.8 Å². The summed E-state index contributed by atoms with van der Waals surface area (Å²) in [5, 5.41) is 9.12. The van der Waals surface area contributed by atoms with E-state index in [4.69, 9.17) is 9.84 Å². The van der Waals surface area contributed by atoms with E-state index in [9.17, 15) is 0 Å². The number of morpholine rings is 1. The molecule has 2 aliphatic rings. The lowest BCUT2D eigenvalue weighted by Gasteiger charge is -2.39. The molecule has 2 heterocycles. The van der Waals surface area contributed by atoms with Crippen LogP contribution in [-0.2, 0) is 11.3 Å². The normalized spacial score (nSPS) is 32.6. The van der Waals surface area contributed by atoms with E-state index in [-0.39, 0.29) is 6.61 Å². The Labute approximate surface area is 107 Å². The molecule has 1 aromatic heterocycles. The molecule has 0 radical (unpaired) electrons. The van der Waals surface area contributed by atoms with Crippen molar-refractivity contribution in [2.24, 2.45) is 5.92 Å². The molecule has 2 fully saturated rings. The van der Waals surface area contributed by atoms with Crippen LogP contribution >= 0.6 is 0 Å². The van der Waals surface area contributed by atoms with Crippen molar-refractivity contribution in [3.05, 3.63) is 18.7 Å². The number of nitrogens with zero attached hydrogens (tertiary/aromatic N) is 3. The molecule has 3 rings (SSSR count). The highest BCUT2D eigenvalue weighted by molar-refractivity contribution is 4.95. The lowest BCUT2D eigenvalue weighted by atomic mass is 10.0. The maximum absolute atomic E-state index is 9.12. The largest absolute Gasteiger partial charge is 0.395 e. The fourth-order valence-corrected chi connectivity index (χ4v) is 3.40. The third kappa shape index (κ3) is 2.30. The maximum atomic E-state index is 9.12. The van der Waals surface area contributed by atoms with E-state index in [0.29, 0.717) is 18.1 Å². The van der Waals surface area contributed by atoms with Crippen molar-refractivity contribution in [2.75, 3.05) is 26.3 Å². The van der Waals surface area contributed by atoms with Crippen molar-refractivity contribution in [3.63, 3.8) is 0 Å². The SMILES string of the molecule is OCCN1CCO[C@@H]2[C@@H](Cn3ccnc3)CC[C@H]21. The number of ether oxygens (including phenoxy) is 1. The number of imidazole rings is 1. The molecule has 0 unspecified atom stereocenters. The second-order valence-electron chi connectivity index (χ2n) is 5.26. The van der Waals surface area contributed by atoms with Crippen LogP contribution in [0.2, 0.25) is 0 Å². The molecule has 0 spiro atoms. The Balaban J connectivity index is 1.65. The number of aliphatic hydroxyl groups excluding tert-OH is 1. The highest BCUT2D eigenvalue weighted by Crippen LogP contribution is 2.35. The van der Waals surface area contributed by atoms with Crippen LogP contribution in [0, 0.1) is 5.92 Å². The van der Waals surface area contributed by atoms with Crippen molar-refractivity contribution in [2.45, 2.75) is 31.5 Å². The summed E-state index contributed by atoms with van der Waals surface area (Å²) in [5.74, 6) is 0.575. The zero-order chi connectivity index (χ0) is 12.4. The minimum Gasteiger partial charge on any atom is -0.395 e. The minimum atomic E-state index is 0.245. The van der Waals surface area contributed by atoms with Crippen LogP contribution in [0.15, 0.2) is 18.7 Å². The van der Waals surface area contributed by atoms with Crippen molar-refractivity contribution in [1.29, 1.82) is 0 Å². The predicted octanol–water partition coefficient (Wildman–Crippen LogP) is 0.355. The summed E-state index contributed by atoms with van der Waals surface area (Å²) in [5.41, 5.74) is 0. The lowest BCUT2D eigenvalue weighted by Crippen LogP contribution is -2.51. The number of hydrogen-bond acceptors (Lipinski definition) is 4. The van der Waals surface area contributed by atoms with E-state index in [2.05, 4.69) is 14.5 Å². The number of hydrogen-bond donors (Lipinski definition) is 1. The third-order valence-electron chi connectivity index (χ3n) is 4.23. The van der Waals surface area contributed by atoms with Gasteiger partial charge in [0.05, 0.1) is 25.6 Å². The van der Waals surface area contributed by atoms with Crippen LogP contribution in [-0.4, -0.2) is 58.0 Å². The second-order valence-corrected chi connectivity index (χ2v) is 5.26. The summed E-state index contributed by atoms with van der Waals surface area (Å²) in [6, 6.07) is 0.499. The average molecular weight is 251 g/mol. The van der Waals surface area contributed by atoms with E-state index in [1.54, 1.807) is 0 Å². The molecule has 1 aliphatic heterocycles. The summed E-state index contributed by atoms with van der Waals surface area (Å²) in [4.78, 5) is 6.48. The quantitative estimate of drug-likeness (QED) is 0.839. The topological polar surface area (TPSA) is 50.5 Å². The highest BCUT2D eigenvalue weighted by Gasteiger charge is 2.42. The Kier molecular flexibility index (Phi) is 3.63. The Morgan fingerprint density at radius 3 is 3.11 bits per heavy atom. The average Bonchev–Trinajstić information content (AvgIpc) is 3.01. The van der Waals surface area contributed by atoms with Gasteiger partial charge < -0.3 is 14.4 Å². The number of fused-ring (bicyclic) bond motifs is 1. The van der Waals surface area contributed by atoms with Gasteiger partial charge in [0.15, 0.2) is 0 Å². The molecule has 1 N–H and O–H groups in total. The summed E-state index contributed by atoms with van der Waals surface area (Å²) >= 11 is 0. The number of β-amino-alcohol motifs (C(OH)–C–C–N with tert-alkyl or cyclic N) is 1. The Morgan fingerprint density at radius 2 is 2.33 bits per heavy atom. The minimum absolute atomic E-state index is 0.245. The van der Waals surface area contributed by atoms with Crippen LogP contribution in [0.3, 0.4) is 0 Å². The summed E-state index contributed by atoms with van der Waals surface area (Å²) in [6.07, 6.45) is 8.43. The molecule has 1 saturated carbocycles. The first-order valence-corrected chi connectivity index (χ1v) is 6.81. The van der Waals surface area contributed by atoms with Gasteiger partial charge in [-0.15, -0.1) is 0 Å². The summed E-state index contributed by atoms with van der Waals surface area (Å²) in [6.45, 7) is 3.77. The van der Waals surface area contributed by atoms with Crippen LogP contribution < -0.4 is 0 Å². The summed E-state index contributed by atoms with van der Waals surface area (Å²) in [7, 11) is 0. The van der Waals surface area contributed by atoms with Crippen LogP contribution in [0.1, 0.15) is 12.8 Å². The zero-order valence-corrected chi connectivity index (χ0v) is 10.6. The number of aliphatic hydroxyl groups is 1. The monoisotopic (exact) mass is 251 g/mol. The maximum Gasteiger partial charge on any atom is 0.0946 e. The van der Waals surface area contributed by atoms with Gasteiger partial charge >= 0.3 is 0 Å². The molecule has 1 saturated heterocycles. The van der Waals surface area contributed by atoms with Gasteiger partial charge in [-0.25, -0.2) is 4.98 Å². The van der Waals surface area contributed by atoms with Gasteiger partial charge in [-0.1, -0.05) is 0 Å². The van der Waals surface area contributed by atoms with Gasteiger partial charge in [-0.3, -0.25) is 4.90 Å². The lowest BCUT2D eigenvalue weighted by molar-refractivity contribution is -0.0785. The molecular formula is C13H21N3O2. The fourth-order valence-electron chi connectivity index (χ4n) is 3.40. The molecular weight excluding hydrogens is 230 g/mol. The van der Waals surface area contributed by atoms with Gasteiger partial charge in [0.25, 0.3) is 0 Å². The first-order valence-electron chi connectivity index (χ1n) is 6.81. The molecule has 0 amide bonds. The molecule has 5 nitrogen and oxygen atoms in total. The van der Waals surface area contributed by atoms with E-state index in [1.807, 2.05) is 18.7 Å². The smallest absolute Gasteiger partial charge is 0.0946 e. The number of aromatic nitrogens is 2. The van der Waals surface area contributed by atoms with E-state index >= 15 is 0 Å². The second kappa shape index (κ2) is 5.38. The molecule has 0 aromatic carbocycles. The summed E-state index contributed by atoms with van der Waals surface area (Å²) < 4.78 is 8.12. The molecule has 1 aliphatic carbocycles. The molecule has 0 bridgehead atoms. The Hall–Kier alpha value is -0.910. The van der Waals surface area contributed by atoms with Crippen LogP contribution in [0.25, 0.3) is 0 Å². The van der Waals surface area contributed by atoms with Gasteiger partial charge in [-0.05, 0) is 12.8 Å². The molecule has 1 aromatic rings. The first kappa shape index (κ1) is 12.1. The van der Waals surface area contributed by atoms with Crippen molar-refractivity contribution < 1.29 is 9.84 Å². The van der Waals surface area contributed by atoms with Crippen molar-refractivity contribution >= 4 is 0 Å². The zero-order valence-electron chi connectivity index (χ0n) is 10.6. The van der Waals surface area contributed by atoms with Crippen LogP contribution in [0.5, 0.6) is 0 Å². The van der Waals surface area contributed by atoms with Crippen molar-refractivity contribution in [1.82, 2.24) is 14.5 Å². The van der Waals surface area contributed by atoms with Gasteiger partial charge in [-0.2, -0.15) is 0 Å².